The largest absolute Gasteiger partial charge is 0.508 e. The summed E-state index contributed by atoms with van der Waals surface area (Å²) in [7, 11) is 3.70. The van der Waals surface area contributed by atoms with Gasteiger partial charge in [0, 0.05) is 35.8 Å². The van der Waals surface area contributed by atoms with Crippen LogP contribution in [0.5, 0.6) is 11.5 Å². The van der Waals surface area contributed by atoms with Crippen molar-refractivity contribution in [3.05, 3.63) is 59.8 Å². The number of phenolic OH excluding ortho intramolecular Hbond substituents is 1. The van der Waals surface area contributed by atoms with Gasteiger partial charge >= 0.3 is 0 Å². The van der Waals surface area contributed by atoms with Crippen LogP contribution in [-0.4, -0.2) is 41.6 Å². The van der Waals surface area contributed by atoms with Gasteiger partial charge in [-0.25, -0.2) is 0 Å². The van der Waals surface area contributed by atoms with Crippen LogP contribution in [0.1, 0.15) is 22.3 Å². The molecule has 5 nitrogen and oxygen atoms in total. The fourth-order valence-corrected chi connectivity index (χ4v) is 3.27. The van der Waals surface area contributed by atoms with Crippen LogP contribution in [0.15, 0.2) is 48.7 Å². The topological polar surface area (TPSA) is 54.7 Å². The third-order valence-electron chi connectivity index (χ3n) is 4.55. The van der Waals surface area contributed by atoms with Crippen LogP contribution in [0.25, 0.3) is 10.9 Å². The van der Waals surface area contributed by atoms with Crippen LogP contribution in [0, 0.1) is 0 Å². The van der Waals surface area contributed by atoms with Crippen molar-refractivity contribution < 1.29 is 14.6 Å². The number of hydrogen-bond acceptors (Lipinski definition) is 4. The fraction of sp³-hybridized carbons (Fsp3) is 0.286. The molecule has 1 heterocycles. The van der Waals surface area contributed by atoms with E-state index in [1.54, 1.807) is 19.2 Å². The van der Waals surface area contributed by atoms with Crippen LogP contribution in [0.4, 0.5) is 0 Å². The summed E-state index contributed by atoms with van der Waals surface area (Å²) in [5.74, 6) is 1.05. The van der Waals surface area contributed by atoms with Crippen LogP contribution in [0.3, 0.4) is 0 Å². The van der Waals surface area contributed by atoms with Crippen molar-refractivity contribution in [2.75, 3.05) is 20.7 Å². The quantitative estimate of drug-likeness (QED) is 0.628. The molecule has 136 valence electrons. The zero-order chi connectivity index (χ0) is 18.5. The fourth-order valence-electron chi connectivity index (χ4n) is 3.27. The van der Waals surface area contributed by atoms with Gasteiger partial charge in [-0.15, -0.1) is 0 Å². The van der Waals surface area contributed by atoms with Gasteiger partial charge in [-0.05, 0) is 55.9 Å². The second-order valence-electron chi connectivity index (χ2n) is 6.54. The molecular weight excluding hydrogens is 328 g/mol. The number of aromatic hydroxyl groups is 1. The molecule has 0 fully saturated rings. The van der Waals surface area contributed by atoms with Crippen LogP contribution in [-0.2, 0) is 13.1 Å². The minimum absolute atomic E-state index is 0.298. The van der Waals surface area contributed by atoms with Gasteiger partial charge in [-0.2, -0.15) is 0 Å². The lowest BCUT2D eigenvalue weighted by atomic mass is 10.2. The Kier molecular flexibility index (Phi) is 5.58. The van der Waals surface area contributed by atoms with Gasteiger partial charge in [0.15, 0.2) is 6.29 Å². The van der Waals surface area contributed by atoms with E-state index in [4.69, 9.17) is 4.74 Å². The highest BCUT2D eigenvalue weighted by Crippen LogP contribution is 2.25. The summed E-state index contributed by atoms with van der Waals surface area (Å²) in [5, 5.41) is 10.5. The molecule has 0 aliphatic carbocycles. The Balaban J connectivity index is 1.63. The second kappa shape index (κ2) is 8.06. The van der Waals surface area contributed by atoms with E-state index in [0.717, 1.165) is 54.6 Å². The van der Waals surface area contributed by atoms with E-state index >= 15 is 0 Å². The van der Waals surface area contributed by atoms with E-state index in [1.165, 1.54) is 0 Å². The molecule has 0 radical (unpaired) electrons. The molecule has 1 aromatic heterocycles. The van der Waals surface area contributed by atoms with E-state index < -0.39 is 0 Å². The number of carbonyl (C=O) groups is 1. The van der Waals surface area contributed by atoms with Gasteiger partial charge in [0.05, 0.1) is 7.11 Å². The SMILES string of the molecule is COc1ccc2c(c1)c(C=O)cn2CCCN(C)Cc1cccc(O)c1. The highest BCUT2D eigenvalue weighted by atomic mass is 16.5. The number of aldehydes is 1. The predicted octanol–water partition coefficient (Wildman–Crippen LogP) is 3.69. The molecule has 0 spiro atoms. The van der Waals surface area contributed by atoms with Gasteiger partial charge in [-0.1, -0.05) is 12.1 Å². The molecule has 2 aromatic carbocycles. The molecule has 1 N–H and O–H groups in total. The summed E-state index contributed by atoms with van der Waals surface area (Å²) >= 11 is 0. The molecule has 3 rings (SSSR count). The van der Waals surface area contributed by atoms with Gasteiger partial charge in [0.25, 0.3) is 0 Å². The minimum atomic E-state index is 0.298. The summed E-state index contributed by atoms with van der Waals surface area (Å²) in [6.45, 7) is 2.54. The molecule has 0 amide bonds. The Labute approximate surface area is 153 Å². The van der Waals surface area contributed by atoms with Crippen molar-refractivity contribution in [1.29, 1.82) is 0 Å². The number of methoxy groups -OCH3 is 1. The first-order chi connectivity index (χ1) is 12.6. The first kappa shape index (κ1) is 18.0. The number of carbonyl (C=O) groups excluding carboxylic acids is 1. The van der Waals surface area contributed by atoms with E-state index in [2.05, 4.69) is 16.5 Å². The molecule has 0 atom stereocenters. The van der Waals surface area contributed by atoms with E-state index in [1.807, 2.05) is 36.5 Å². The lowest BCUT2D eigenvalue weighted by Gasteiger charge is -2.17. The number of hydrogen-bond donors (Lipinski definition) is 1. The molecular formula is C21H24N2O3. The number of benzene rings is 2. The number of nitrogens with zero attached hydrogens (tertiary/aromatic N) is 2. The summed E-state index contributed by atoms with van der Waals surface area (Å²) in [6.07, 6.45) is 3.77. The van der Waals surface area contributed by atoms with Crippen LogP contribution in [0.2, 0.25) is 0 Å². The van der Waals surface area contributed by atoms with Crippen LogP contribution < -0.4 is 4.74 Å². The smallest absolute Gasteiger partial charge is 0.152 e. The molecule has 5 heteroatoms. The number of aromatic nitrogens is 1. The van der Waals surface area contributed by atoms with Crippen molar-refractivity contribution in [1.82, 2.24) is 9.47 Å². The molecule has 3 aromatic rings. The summed E-state index contributed by atoms with van der Waals surface area (Å²) in [4.78, 5) is 13.6. The molecule has 0 saturated carbocycles. The number of phenols is 1. The normalized spacial score (nSPS) is 11.2. The van der Waals surface area contributed by atoms with Gasteiger partial charge in [-0.3, -0.25) is 4.79 Å². The van der Waals surface area contributed by atoms with Gasteiger partial charge in [0.1, 0.15) is 11.5 Å². The zero-order valence-electron chi connectivity index (χ0n) is 15.2. The molecule has 0 bridgehead atoms. The van der Waals surface area contributed by atoms with Gasteiger partial charge in [0.2, 0.25) is 0 Å². The Morgan fingerprint density at radius 2 is 2.08 bits per heavy atom. The maximum Gasteiger partial charge on any atom is 0.152 e. The number of ether oxygens (including phenoxy) is 1. The third kappa shape index (κ3) is 4.06. The summed E-state index contributed by atoms with van der Waals surface area (Å²) in [5.41, 5.74) is 2.82. The maximum absolute atomic E-state index is 11.4. The molecule has 0 aliphatic rings. The Morgan fingerprint density at radius 1 is 1.23 bits per heavy atom. The standard InChI is InChI=1S/C21H24N2O3/c1-22(13-16-5-3-6-18(25)11-16)9-4-10-23-14-17(15-24)20-12-19(26-2)7-8-21(20)23/h3,5-8,11-12,14-15,25H,4,9-10,13H2,1-2H3. The Hall–Kier alpha value is -2.79. The Morgan fingerprint density at radius 3 is 2.81 bits per heavy atom. The second-order valence-corrected chi connectivity index (χ2v) is 6.54. The average Bonchev–Trinajstić information content (AvgIpc) is 2.98. The highest BCUT2D eigenvalue weighted by molar-refractivity contribution is 5.98. The lowest BCUT2D eigenvalue weighted by Crippen LogP contribution is -2.20. The number of fused-ring (bicyclic) bond motifs is 1. The van der Waals surface area contributed by atoms with E-state index in [9.17, 15) is 9.90 Å². The first-order valence-corrected chi connectivity index (χ1v) is 8.69. The average molecular weight is 352 g/mol. The minimum Gasteiger partial charge on any atom is -0.508 e. The molecule has 26 heavy (non-hydrogen) atoms. The van der Waals surface area contributed by atoms with Crippen molar-refractivity contribution in [3.63, 3.8) is 0 Å². The monoisotopic (exact) mass is 352 g/mol. The Bertz CT molecular complexity index is 901. The molecule has 0 aliphatic heterocycles. The molecule has 0 unspecified atom stereocenters. The van der Waals surface area contributed by atoms with Crippen molar-refractivity contribution in [3.8, 4) is 11.5 Å². The number of aryl methyl sites for hydroxylation is 1. The predicted molar refractivity (Wildman–Crippen MR) is 103 cm³/mol. The van der Waals surface area contributed by atoms with Gasteiger partial charge < -0.3 is 19.3 Å². The van der Waals surface area contributed by atoms with Crippen molar-refractivity contribution in [2.45, 2.75) is 19.5 Å². The lowest BCUT2D eigenvalue weighted by molar-refractivity contribution is 0.112. The number of rotatable bonds is 8. The third-order valence-corrected chi connectivity index (χ3v) is 4.55. The molecule has 0 saturated heterocycles. The van der Waals surface area contributed by atoms with E-state index in [-0.39, 0.29) is 0 Å². The van der Waals surface area contributed by atoms with E-state index in [0.29, 0.717) is 11.3 Å². The summed E-state index contributed by atoms with van der Waals surface area (Å²) < 4.78 is 7.38. The highest BCUT2D eigenvalue weighted by Gasteiger charge is 2.09. The maximum atomic E-state index is 11.4. The zero-order valence-corrected chi connectivity index (χ0v) is 15.2. The van der Waals surface area contributed by atoms with Crippen LogP contribution >= 0.6 is 0 Å². The van der Waals surface area contributed by atoms with Crippen molar-refractivity contribution in [2.24, 2.45) is 0 Å². The first-order valence-electron chi connectivity index (χ1n) is 8.69. The van der Waals surface area contributed by atoms with Crippen molar-refractivity contribution >= 4 is 17.2 Å². The summed E-state index contributed by atoms with van der Waals surface area (Å²) in [6, 6.07) is 13.2.